The van der Waals surface area contributed by atoms with Crippen LogP contribution in [0.25, 0.3) is 0 Å². The van der Waals surface area contributed by atoms with Crippen LogP contribution >= 0.6 is 11.8 Å². The van der Waals surface area contributed by atoms with Gasteiger partial charge in [0, 0.05) is 10.4 Å². The fourth-order valence-corrected chi connectivity index (χ4v) is 6.84. The molecule has 4 aliphatic rings. The summed E-state index contributed by atoms with van der Waals surface area (Å²) in [6.45, 7) is 2.02. The molecule has 1 heterocycles. The SMILES string of the molecule is Cc1ccc(C#N)c(SC23CC4CC(CC(C4)C2)C3)n1. The first kappa shape index (κ1) is 12.7. The largest absolute Gasteiger partial charge is 0.245 e. The Morgan fingerprint density at radius 1 is 1.15 bits per heavy atom. The summed E-state index contributed by atoms with van der Waals surface area (Å²) < 4.78 is 0.390. The fourth-order valence-electron chi connectivity index (χ4n) is 5.06. The van der Waals surface area contributed by atoms with Crippen molar-refractivity contribution in [2.75, 3.05) is 0 Å². The zero-order valence-electron chi connectivity index (χ0n) is 11.9. The summed E-state index contributed by atoms with van der Waals surface area (Å²) in [6, 6.07) is 6.20. The zero-order chi connectivity index (χ0) is 13.7. The number of rotatable bonds is 2. The molecule has 1 aromatic heterocycles. The third kappa shape index (κ3) is 2.05. The molecule has 0 atom stereocenters. The monoisotopic (exact) mass is 284 g/mol. The van der Waals surface area contributed by atoms with E-state index in [0.717, 1.165) is 34.0 Å². The van der Waals surface area contributed by atoms with E-state index in [2.05, 4.69) is 11.1 Å². The van der Waals surface area contributed by atoms with E-state index in [0.29, 0.717) is 4.75 Å². The van der Waals surface area contributed by atoms with Crippen molar-refractivity contribution in [3.05, 3.63) is 23.4 Å². The minimum Gasteiger partial charge on any atom is -0.245 e. The van der Waals surface area contributed by atoms with E-state index in [1.165, 1.54) is 38.5 Å². The Kier molecular flexibility index (Phi) is 2.86. The number of hydrogen-bond donors (Lipinski definition) is 0. The van der Waals surface area contributed by atoms with Gasteiger partial charge in [-0.2, -0.15) is 5.26 Å². The molecule has 0 unspecified atom stereocenters. The molecule has 0 saturated heterocycles. The minimum absolute atomic E-state index is 0.390. The molecule has 0 spiro atoms. The lowest BCUT2D eigenvalue weighted by atomic mass is 9.56. The number of aryl methyl sites for hydroxylation is 1. The van der Waals surface area contributed by atoms with E-state index in [-0.39, 0.29) is 0 Å². The van der Waals surface area contributed by atoms with Crippen LogP contribution in [0.15, 0.2) is 17.2 Å². The predicted octanol–water partition coefficient (Wildman–Crippen LogP) is 4.32. The van der Waals surface area contributed by atoms with Crippen LogP contribution in [0, 0.1) is 36.0 Å². The Balaban J connectivity index is 1.66. The first-order chi connectivity index (χ1) is 9.66. The Labute approximate surface area is 125 Å². The molecule has 0 radical (unpaired) electrons. The van der Waals surface area contributed by atoms with E-state index >= 15 is 0 Å². The second kappa shape index (κ2) is 4.49. The van der Waals surface area contributed by atoms with Crippen LogP contribution in [-0.2, 0) is 0 Å². The highest BCUT2D eigenvalue weighted by Gasteiger charge is 2.51. The quantitative estimate of drug-likeness (QED) is 0.811. The van der Waals surface area contributed by atoms with Crippen LogP contribution in [0.3, 0.4) is 0 Å². The van der Waals surface area contributed by atoms with E-state index in [1.54, 1.807) is 0 Å². The van der Waals surface area contributed by atoms with Crippen molar-refractivity contribution >= 4 is 11.8 Å². The van der Waals surface area contributed by atoms with Gasteiger partial charge in [0.1, 0.15) is 11.1 Å². The molecule has 5 rings (SSSR count). The van der Waals surface area contributed by atoms with Gasteiger partial charge in [0.2, 0.25) is 0 Å². The summed E-state index contributed by atoms with van der Waals surface area (Å²) in [6.07, 6.45) is 8.45. The molecule has 0 amide bonds. The van der Waals surface area contributed by atoms with Crippen LogP contribution in [0.5, 0.6) is 0 Å². The molecule has 20 heavy (non-hydrogen) atoms. The number of thioether (sulfide) groups is 1. The lowest BCUT2D eigenvalue weighted by Crippen LogP contribution is -2.48. The second-order valence-electron chi connectivity index (χ2n) is 7.12. The molecule has 0 aromatic carbocycles. The number of aromatic nitrogens is 1. The van der Waals surface area contributed by atoms with E-state index in [4.69, 9.17) is 0 Å². The number of nitriles is 1. The van der Waals surface area contributed by atoms with Gasteiger partial charge in [-0.3, -0.25) is 0 Å². The third-order valence-corrected chi connectivity index (χ3v) is 6.85. The summed E-state index contributed by atoms with van der Waals surface area (Å²) in [4.78, 5) is 4.66. The average Bonchev–Trinajstić information content (AvgIpc) is 2.36. The number of pyridine rings is 1. The van der Waals surface area contributed by atoms with Gasteiger partial charge in [-0.15, -0.1) is 0 Å². The van der Waals surface area contributed by atoms with Crippen molar-refractivity contribution in [2.45, 2.75) is 55.2 Å². The highest BCUT2D eigenvalue weighted by molar-refractivity contribution is 8.00. The smallest absolute Gasteiger partial charge is 0.115 e. The lowest BCUT2D eigenvalue weighted by molar-refractivity contribution is 0.0383. The van der Waals surface area contributed by atoms with Gasteiger partial charge in [-0.1, -0.05) is 11.8 Å². The first-order valence-corrected chi connectivity index (χ1v) is 8.54. The molecule has 2 nitrogen and oxygen atoms in total. The van der Waals surface area contributed by atoms with Crippen LogP contribution in [0.2, 0.25) is 0 Å². The molecular formula is C17H20N2S. The van der Waals surface area contributed by atoms with Gasteiger partial charge in [0.15, 0.2) is 0 Å². The van der Waals surface area contributed by atoms with Gasteiger partial charge < -0.3 is 0 Å². The maximum atomic E-state index is 9.32. The van der Waals surface area contributed by atoms with Gasteiger partial charge in [0.25, 0.3) is 0 Å². The molecular weight excluding hydrogens is 264 g/mol. The zero-order valence-corrected chi connectivity index (χ0v) is 12.7. The molecule has 1 aromatic rings. The maximum absolute atomic E-state index is 9.32. The van der Waals surface area contributed by atoms with Crippen LogP contribution in [0.1, 0.15) is 49.8 Å². The molecule has 4 aliphatic carbocycles. The lowest BCUT2D eigenvalue weighted by Gasteiger charge is -2.56. The summed E-state index contributed by atoms with van der Waals surface area (Å²) in [5.41, 5.74) is 1.78. The van der Waals surface area contributed by atoms with Crippen molar-refractivity contribution in [3.63, 3.8) is 0 Å². The normalized spacial score (nSPS) is 37.9. The van der Waals surface area contributed by atoms with E-state index in [9.17, 15) is 5.26 Å². The number of nitrogens with zero attached hydrogens (tertiary/aromatic N) is 2. The van der Waals surface area contributed by atoms with Crippen molar-refractivity contribution < 1.29 is 0 Å². The average molecular weight is 284 g/mol. The first-order valence-electron chi connectivity index (χ1n) is 7.72. The van der Waals surface area contributed by atoms with Gasteiger partial charge in [0.05, 0.1) is 5.56 Å². The highest BCUT2D eigenvalue weighted by Crippen LogP contribution is 2.61. The Hall–Kier alpha value is -1.01. The molecule has 4 fully saturated rings. The predicted molar refractivity (Wildman–Crippen MR) is 80.4 cm³/mol. The molecule has 0 aliphatic heterocycles. The summed E-state index contributed by atoms with van der Waals surface area (Å²) in [7, 11) is 0. The minimum atomic E-state index is 0.390. The van der Waals surface area contributed by atoms with Crippen molar-refractivity contribution in [1.29, 1.82) is 5.26 Å². The Morgan fingerprint density at radius 2 is 1.75 bits per heavy atom. The van der Waals surface area contributed by atoms with Crippen LogP contribution < -0.4 is 0 Å². The fraction of sp³-hybridized carbons (Fsp3) is 0.647. The second-order valence-corrected chi connectivity index (χ2v) is 8.58. The molecule has 0 N–H and O–H groups in total. The highest BCUT2D eigenvalue weighted by atomic mass is 32.2. The van der Waals surface area contributed by atoms with Crippen LogP contribution in [-0.4, -0.2) is 9.73 Å². The summed E-state index contributed by atoms with van der Waals surface area (Å²) >= 11 is 1.93. The maximum Gasteiger partial charge on any atom is 0.115 e. The van der Waals surface area contributed by atoms with Crippen molar-refractivity contribution in [3.8, 4) is 6.07 Å². The molecule has 4 saturated carbocycles. The standard InChI is InChI=1S/C17H20N2S/c1-11-2-3-15(10-18)16(19-11)20-17-7-12-4-13(8-17)6-14(5-12)9-17/h2-3,12-14H,4-9H2,1H3. The third-order valence-electron chi connectivity index (χ3n) is 5.42. The summed E-state index contributed by atoms with van der Waals surface area (Å²) in [5, 5.41) is 10.3. The molecule has 3 heteroatoms. The summed E-state index contributed by atoms with van der Waals surface area (Å²) in [5.74, 6) is 2.84. The van der Waals surface area contributed by atoms with E-state index in [1.807, 2.05) is 30.8 Å². The Morgan fingerprint density at radius 3 is 2.30 bits per heavy atom. The van der Waals surface area contributed by atoms with Gasteiger partial charge in [-0.25, -0.2) is 4.98 Å². The Bertz CT molecular complexity index is 552. The molecule has 104 valence electrons. The van der Waals surface area contributed by atoms with Crippen molar-refractivity contribution in [1.82, 2.24) is 4.98 Å². The van der Waals surface area contributed by atoms with Crippen molar-refractivity contribution in [2.24, 2.45) is 17.8 Å². The van der Waals surface area contributed by atoms with Gasteiger partial charge in [-0.05, 0) is 75.3 Å². The van der Waals surface area contributed by atoms with E-state index < -0.39 is 0 Å². The van der Waals surface area contributed by atoms with Crippen LogP contribution in [0.4, 0.5) is 0 Å². The topological polar surface area (TPSA) is 36.7 Å². The van der Waals surface area contributed by atoms with Gasteiger partial charge >= 0.3 is 0 Å². The number of hydrogen-bond acceptors (Lipinski definition) is 3. The molecule has 4 bridgehead atoms.